The Morgan fingerprint density at radius 3 is 2.67 bits per heavy atom. The van der Waals surface area contributed by atoms with Crippen LogP contribution in [-0.2, 0) is 4.74 Å². The molecule has 1 fully saturated rings. The van der Waals surface area contributed by atoms with E-state index in [0.29, 0.717) is 0 Å². The fourth-order valence-electron chi connectivity index (χ4n) is 3.07. The minimum absolute atomic E-state index is 0.0295. The normalized spacial score (nSPS) is 33.7. The summed E-state index contributed by atoms with van der Waals surface area (Å²) in [6, 6.07) is 0.283. The number of hydrogen-bond acceptors (Lipinski definition) is 2. The molecule has 0 radical (unpaired) electrons. The zero-order valence-electron chi connectivity index (χ0n) is 10.6. The second-order valence-corrected chi connectivity index (χ2v) is 5.04. The van der Waals surface area contributed by atoms with E-state index >= 15 is 0 Å². The number of methoxy groups -OCH3 is 1. The van der Waals surface area contributed by atoms with Crippen molar-refractivity contribution in [1.29, 1.82) is 0 Å². The molecule has 1 N–H and O–H groups in total. The Balaban J connectivity index is 2.85. The average molecular weight is 211 g/mol. The summed E-state index contributed by atoms with van der Waals surface area (Å²) in [5.74, 6) is 0.758. The van der Waals surface area contributed by atoms with E-state index in [1.165, 1.54) is 18.4 Å². The van der Waals surface area contributed by atoms with Gasteiger partial charge in [-0.25, -0.2) is 0 Å². The monoisotopic (exact) mass is 211 g/mol. The van der Waals surface area contributed by atoms with Crippen molar-refractivity contribution in [3.63, 3.8) is 0 Å². The van der Waals surface area contributed by atoms with Gasteiger partial charge in [0.2, 0.25) is 0 Å². The summed E-state index contributed by atoms with van der Waals surface area (Å²) >= 11 is 0. The van der Waals surface area contributed by atoms with Crippen molar-refractivity contribution < 1.29 is 4.74 Å². The summed E-state index contributed by atoms with van der Waals surface area (Å²) in [4.78, 5) is 0. The topological polar surface area (TPSA) is 21.3 Å². The molecule has 0 aliphatic heterocycles. The maximum Gasteiger partial charge on any atom is 0.0871 e. The zero-order valence-corrected chi connectivity index (χ0v) is 10.6. The van der Waals surface area contributed by atoms with Crippen LogP contribution in [0.3, 0.4) is 0 Å². The van der Waals surface area contributed by atoms with Crippen molar-refractivity contribution >= 4 is 0 Å². The third-order valence-electron chi connectivity index (χ3n) is 3.70. The molecule has 0 bridgehead atoms. The van der Waals surface area contributed by atoms with E-state index in [4.69, 9.17) is 4.74 Å². The van der Waals surface area contributed by atoms with Crippen molar-refractivity contribution in [2.24, 2.45) is 5.92 Å². The standard InChI is InChI=1S/C13H25NO/c1-10(2)12(14-4)13(15-5)8-6-7-11(3)9-13/h11-12,14H,1,6-9H2,2-5H3. The second-order valence-electron chi connectivity index (χ2n) is 5.04. The van der Waals surface area contributed by atoms with Gasteiger partial charge in [0.15, 0.2) is 0 Å². The van der Waals surface area contributed by atoms with Crippen LogP contribution in [0.5, 0.6) is 0 Å². The van der Waals surface area contributed by atoms with Crippen molar-refractivity contribution in [3.8, 4) is 0 Å². The Morgan fingerprint density at radius 1 is 1.60 bits per heavy atom. The zero-order chi connectivity index (χ0) is 11.5. The van der Waals surface area contributed by atoms with Crippen LogP contribution in [0.2, 0.25) is 0 Å². The molecule has 2 nitrogen and oxygen atoms in total. The van der Waals surface area contributed by atoms with Crippen molar-refractivity contribution in [2.75, 3.05) is 14.2 Å². The Bertz CT molecular complexity index is 227. The van der Waals surface area contributed by atoms with Gasteiger partial charge < -0.3 is 10.1 Å². The Kier molecular flexibility index (Phi) is 4.35. The molecule has 0 aromatic carbocycles. The molecule has 0 spiro atoms. The average Bonchev–Trinajstić information content (AvgIpc) is 2.18. The number of hydrogen-bond donors (Lipinski definition) is 1. The van der Waals surface area contributed by atoms with Crippen LogP contribution in [-0.4, -0.2) is 25.8 Å². The Hall–Kier alpha value is -0.340. The fourth-order valence-corrected chi connectivity index (χ4v) is 3.07. The highest BCUT2D eigenvalue weighted by atomic mass is 16.5. The third kappa shape index (κ3) is 2.61. The van der Waals surface area contributed by atoms with Gasteiger partial charge in [-0.3, -0.25) is 0 Å². The van der Waals surface area contributed by atoms with E-state index < -0.39 is 0 Å². The highest BCUT2D eigenvalue weighted by Gasteiger charge is 2.41. The van der Waals surface area contributed by atoms with Gasteiger partial charge >= 0.3 is 0 Å². The van der Waals surface area contributed by atoms with E-state index in [2.05, 4.69) is 25.7 Å². The summed E-state index contributed by atoms with van der Waals surface area (Å²) in [6.07, 6.45) is 4.88. The lowest BCUT2D eigenvalue weighted by Gasteiger charge is -2.44. The van der Waals surface area contributed by atoms with Gasteiger partial charge in [0.1, 0.15) is 0 Å². The van der Waals surface area contributed by atoms with E-state index in [-0.39, 0.29) is 11.6 Å². The second kappa shape index (κ2) is 5.13. The van der Waals surface area contributed by atoms with E-state index in [9.17, 15) is 0 Å². The summed E-state index contributed by atoms with van der Waals surface area (Å²) in [7, 11) is 3.84. The Labute approximate surface area is 94.1 Å². The largest absolute Gasteiger partial charge is 0.376 e. The molecule has 3 atom stereocenters. The van der Waals surface area contributed by atoms with Gasteiger partial charge in [0.05, 0.1) is 11.6 Å². The summed E-state index contributed by atoms with van der Waals surface area (Å²) in [5.41, 5.74) is 1.14. The lowest BCUT2D eigenvalue weighted by atomic mass is 9.73. The molecular weight excluding hydrogens is 186 g/mol. The number of nitrogens with one attached hydrogen (secondary N) is 1. The lowest BCUT2D eigenvalue weighted by Crippen LogP contribution is -2.53. The van der Waals surface area contributed by atoms with E-state index in [0.717, 1.165) is 18.8 Å². The quantitative estimate of drug-likeness (QED) is 0.722. The molecule has 1 aliphatic carbocycles. The molecule has 2 heteroatoms. The molecule has 3 unspecified atom stereocenters. The van der Waals surface area contributed by atoms with Crippen molar-refractivity contribution in [2.45, 2.75) is 51.2 Å². The summed E-state index contributed by atoms with van der Waals surface area (Å²) < 4.78 is 5.84. The molecule has 0 amide bonds. The van der Waals surface area contributed by atoms with Crippen LogP contribution < -0.4 is 5.32 Å². The van der Waals surface area contributed by atoms with Crippen LogP contribution >= 0.6 is 0 Å². The molecule has 88 valence electrons. The Morgan fingerprint density at radius 2 is 2.27 bits per heavy atom. The molecule has 15 heavy (non-hydrogen) atoms. The first-order chi connectivity index (χ1) is 7.05. The number of ether oxygens (including phenoxy) is 1. The maximum absolute atomic E-state index is 5.84. The van der Waals surface area contributed by atoms with Gasteiger partial charge in [0.25, 0.3) is 0 Å². The molecular formula is C13H25NO. The maximum atomic E-state index is 5.84. The molecule has 0 aromatic rings. The first-order valence-electron chi connectivity index (χ1n) is 5.93. The summed E-state index contributed by atoms with van der Waals surface area (Å²) in [6.45, 7) is 8.48. The smallest absolute Gasteiger partial charge is 0.0871 e. The minimum atomic E-state index is -0.0295. The van der Waals surface area contributed by atoms with Gasteiger partial charge in [-0.2, -0.15) is 0 Å². The SMILES string of the molecule is C=C(C)C(NC)C1(OC)CCCC(C)C1. The van der Waals surface area contributed by atoms with Crippen molar-refractivity contribution in [3.05, 3.63) is 12.2 Å². The molecule has 1 saturated carbocycles. The van der Waals surface area contributed by atoms with Gasteiger partial charge in [-0.15, -0.1) is 0 Å². The predicted molar refractivity (Wildman–Crippen MR) is 65.0 cm³/mol. The van der Waals surface area contributed by atoms with Crippen LogP contribution in [0, 0.1) is 5.92 Å². The first-order valence-corrected chi connectivity index (χ1v) is 5.93. The first kappa shape index (κ1) is 12.7. The molecule has 1 aliphatic rings. The molecule has 0 heterocycles. The number of likely N-dealkylation sites (N-methyl/N-ethyl adjacent to an activating group) is 1. The van der Waals surface area contributed by atoms with Crippen LogP contribution in [0.1, 0.15) is 39.5 Å². The van der Waals surface area contributed by atoms with Gasteiger partial charge in [-0.1, -0.05) is 31.9 Å². The predicted octanol–water partition coefficient (Wildman–Crippen LogP) is 2.75. The van der Waals surface area contributed by atoms with Crippen LogP contribution in [0.4, 0.5) is 0 Å². The lowest BCUT2D eigenvalue weighted by molar-refractivity contribution is -0.0692. The minimum Gasteiger partial charge on any atom is -0.376 e. The fraction of sp³-hybridized carbons (Fsp3) is 0.846. The van der Waals surface area contributed by atoms with E-state index in [1.54, 1.807) is 0 Å². The van der Waals surface area contributed by atoms with E-state index in [1.807, 2.05) is 14.2 Å². The van der Waals surface area contributed by atoms with Crippen molar-refractivity contribution in [1.82, 2.24) is 5.32 Å². The highest BCUT2D eigenvalue weighted by molar-refractivity contribution is 5.12. The molecule has 1 rings (SSSR count). The van der Waals surface area contributed by atoms with Crippen LogP contribution in [0.25, 0.3) is 0 Å². The molecule has 0 aromatic heterocycles. The third-order valence-corrected chi connectivity index (χ3v) is 3.70. The van der Waals surface area contributed by atoms with Gasteiger partial charge in [0, 0.05) is 7.11 Å². The van der Waals surface area contributed by atoms with Gasteiger partial charge in [-0.05, 0) is 32.7 Å². The highest BCUT2D eigenvalue weighted by Crippen LogP contribution is 2.38. The summed E-state index contributed by atoms with van der Waals surface area (Å²) in [5, 5.41) is 3.36. The van der Waals surface area contributed by atoms with Crippen LogP contribution in [0.15, 0.2) is 12.2 Å². The number of rotatable bonds is 4. The molecule has 0 saturated heterocycles.